The number of hydrogen-bond donors (Lipinski definition) is 3. The summed E-state index contributed by atoms with van der Waals surface area (Å²) >= 11 is 0. The van der Waals surface area contributed by atoms with Crippen LogP contribution >= 0.6 is 0 Å². The van der Waals surface area contributed by atoms with Crippen molar-refractivity contribution in [2.45, 2.75) is 12.5 Å². The quantitative estimate of drug-likeness (QED) is 0.689. The summed E-state index contributed by atoms with van der Waals surface area (Å²) in [6, 6.07) is 4.55. The molecule has 1 saturated heterocycles. The highest BCUT2D eigenvalue weighted by molar-refractivity contribution is 5.97. The molecule has 3 amide bonds. The molecule has 1 fully saturated rings. The van der Waals surface area contributed by atoms with Gasteiger partial charge in [0.1, 0.15) is 0 Å². The third-order valence-electron chi connectivity index (χ3n) is 3.54. The number of rotatable bonds is 6. The average molecular weight is 323 g/mol. The van der Waals surface area contributed by atoms with Gasteiger partial charge in [0.2, 0.25) is 5.91 Å². The van der Waals surface area contributed by atoms with E-state index in [1.165, 1.54) is 7.11 Å². The molecule has 1 aromatic rings. The third-order valence-corrected chi connectivity index (χ3v) is 3.54. The maximum atomic E-state index is 12.2. The summed E-state index contributed by atoms with van der Waals surface area (Å²) < 4.78 is 10.4. The van der Waals surface area contributed by atoms with Crippen LogP contribution in [0.3, 0.4) is 0 Å². The Morgan fingerprint density at radius 2 is 2.09 bits per heavy atom. The normalized spacial score (nSPS) is 17.1. The molecule has 0 unspecified atom stereocenters. The van der Waals surface area contributed by atoms with E-state index in [1.807, 2.05) is 0 Å². The zero-order chi connectivity index (χ0) is 16.8. The van der Waals surface area contributed by atoms with Gasteiger partial charge in [0.25, 0.3) is 0 Å². The molecule has 1 aromatic carbocycles. The first-order chi connectivity index (χ1) is 11.1. The van der Waals surface area contributed by atoms with E-state index < -0.39 is 6.03 Å². The fourth-order valence-electron chi connectivity index (χ4n) is 2.45. The predicted molar refractivity (Wildman–Crippen MR) is 83.9 cm³/mol. The van der Waals surface area contributed by atoms with Gasteiger partial charge in [-0.25, -0.2) is 4.79 Å². The minimum Gasteiger partial charge on any atom is -0.493 e. The molecule has 1 atom stereocenters. The highest BCUT2D eigenvalue weighted by Crippen LogP contribution is 2.33. The van der Waals surface area contributed by atoms with Gasteiger partial charge in [-0.2, -0.15) is 0 Å². The minimum absolute atomic E-state index is 0.0790. The molecule has 1 aliphatic rings. The number of benzene rings is 1. The first-order valence-electron chi connectivity index (χ1n) is 7.26. The standard InChI is InChI=1S/C15H21N3O5/c1-22-12-4-3-11(8-13(12)23-2)18-9-10(7-14(18)20)17-15(21)16-5-6-19/h3-4,8,10,19H,5-7,9H2,1-2H3,(H2,16,17,21)/t10-/m0/s1. The maximum Gasteiger partial charge on any atom is 0.315 e. The summed E-state index contributed by atoms with van der Waals surface area (Å²) in [5, 5.41) is 13.9. The van der Waals surface area contributed by atoms with Crippen molar-refractivity contribution in [3.05, 3.63) is 18.2 Å². The molecule has 0 spiro atoms. The lowest BCUT2D eigenvalue weighted by atomic mass is 10.2. The molecule has 3 N–H and O–H groups in total. The summed E-state index contributed by atoms with van der Waals surface area (Å²) in [5.74, 6) is 1.04. The molecule has 23 heavy (non-hydrogen) atoms. The highest BCUT2D eigenvalue weighted by atomic mass is 16.5. The second-order valence-corrected chi connectivity index (χ2v) is 5.07. The van der Waals surface area contributed by atoms with Gasteiger partial charge in [0.05, 0.1) is 26.9 Å². The Hall–Kier alpha value is -2.48. The van der Waals surface area contributed by atoms with E-state index in [9.17, 15) is 9.59 Å². The van der Waals surface area contributed by atoms with Gasteiger partial charge in [0.15, 0.2) is 11.5 Å². The average Bonchev–Trinajstić information content (AvgIpc) is 2.92. The van der Waals surface area contributed by atoms with E-state index in [0.717, 1.165) is 0 Å². The number of amides is 3. The van der Waals surface area contributed by atoms with Crippen molar-refractivity contribution in [2.24, 2.45) is 0 Å². The maximum absolute atomic E-state index is 12.2. The van der Waals surface area contributed by atoms with Crippen LogP contribution in [0.1, 0.15) is 6.42 Å². The second-order valence-electron chi connectivity index (χ2n) is 5.07. The van der Waals surface area contributed by atoms with Gasteiger partial charge in [0, 0.05) is 31.3 Å². The Balaban J connectivity index is 2.04. The topological polar surface area (TPSA) is 100 Å². The number of aliphatic hydroxyl groups excluding tert-OH is 1. The number of nitrogens with zero attached hydrogens (tertiary/aromatic N) is 1. The van der Waals surface area contributed by atoms with Crippen LogP contribution in [-0.4, -0.2) is 57.0 Å². The summed E-state index contributed by atoms with van der Waals surface area (Å²) in [6.45, 7) is 0.418. The van der Waals surface area contributed by atoms with Crippen LogP contribution < -0.4 is 25.0 Å². The van der Waals surface area contributed by atoms with Crippen molar-refractivity contribution in [3.63, 3.8) is 0 Å². The summed E-state index contributed by atoms with van der Waals surface area (Å²) in [5.41, 5.74) is 0.688. The Bertz CT molecular complexity index is 578. The van der Waals surface area contributed by atoms with Crippen molar-refractivity contribution in [2.75, 3.05) is 38.8 Å². The molecule has 1 heterocycles. The number of nitrogens with one attached hydrogen (secondary N) is 2. The lowest BCUT2D eigenvalue weighted by molar-refractivity contribution is -0.117. The van der Waals surface area contributed by atoms with E-state index in [2.05, 4.69) is 10.6 Å². The molecule has 126 valence electrons. The molecule has 8 nitrogen and oxygen atoms in total. The van der Waals surface area contributed by atoms with E-state index in [1.54, 1.807) is 30.2 Å². The molecule has 8 heteroatoms. The number of methoxy groups -OCH3 is 2. The van der Waals surface area contributed by atoms with Crippen LogP contribution in [0.4, 0.5) is 10.5 Å². The van der Waals surface area contributed by atoms with Crippen molar-refractivity contribution >= 4 is 17.6 Å². The van der Waals surface area contributed by atoms with Crippen LogP contribution in [-0.2, 0) is 4.79 Å². The Morgan fingerprint density at radius 1 is 1.35 bits per heavy atom. The minimum atomic E-state index is -0.397. The molecule has 0 bridgehead atoms. The van der Waals surface area contributed by atoms with E-state index in [0.29, 0.717) is 23.7 Å². The lowest BCUT2D eigenvalue weighted by Crippen LogP contribution is -2.44. The third kappa shape index (κ3) is 4.04. The molecule has 1 aliphatic heterocycles. The summed E-state index contributed by atoms with van der Waals surface area (Å²) in [7, 11) is 3.08. The van der Waals surface area contributed by atoms with Gasteiger partial charge in [-0.3, -0.25) is 4.79 Å². The predicted octanol–water partition coefficient (Wildman–Crippen LogP) is 0.101. The van der Waals surface area contributed by atoms with Crippen LogP contribution in [0.15, 0.2) is 18.2 Å². The molecule has 0 radical (unpaired) electrons. The van der Waals surface area contributed by atoms with Crippen LogP contribution in [0, 0.1) is 0 Å². The van der Waals surface area contributed by atoms with Crippen LogP contribution in [0.25, 0.3) is 0 Å². The molecule has 2 rings (SSSR count). The molecule has 0 saturated carbocycles. The van der Waals surface area contributed by atoms with Gasteiger partial charge < -0.3 is 30.1 Å². The number of ether oxygens (including phenoxy) is 2. The molecule has 0 aromatic heterocycles. The van der Waals surface area contributed by atoms with Gasteiger partial charge >= 0.3 is 6.03 Å². The molecular formula is C15H21N3O5. The largest absolute Gasteiger partial charge is 0.493 e. The number of carbonyl (C=O) groups is 2. The smallest absolute Gasteiger partial charge is 0.315 e. The number of hydrogen-bond acceptors (Lipinski definition) is 5. The number of urea groups is 1. The monoisotopic (exact) mass is 323 g/mol. The highest BCUT2D eigenvalue weighted by Gasteiger charge is 2.32. The van der Waals surface area contributed by atoms with Crippen molar-refractivity contribution in [1.82, 2.24) is 10.6 Å². The second kappa shape index (κ2) is 7.68. The summed E-state index contributed by atoms with van der Waals surface area (Å²) in [4.78, 5) is 25.4. The first-order valence-corrected chi connectivity index (χ1v) is 7.26. The lowest BCUT2D eigenvalue weighted by Gasteiger charge is -2.19. The van der Waals surface area contributed by atoms with E-state index >= 15 is 0 Å². The SMILES string of the molecule is COc1ccc(N2C[C@@H](NC(=O)NCCO)CC2=O)cc1OC. The Labute approximate surface area is 134 Å². The number of aliphatic hydroxyl groups is 1. The molecule has 0 aliphatic carbocycles. The van der Waals surface area contributed by atoms with Crippen molar-refractivity contribution < 1.29 is 24.2 Å². The van der Waals surface area contributed by atoms with Gasteiger partial charge in [-0.1, -0.05) is 0 Å². The fourth-order valence-corrected chi connectivity index (χ4v) is 2.45. The zero-order valence-corrected chi connectivity index (χ0v) is 13.2. The van der Waals surface area contributed by atoms with E-state index in [4.69, 9.17) is 14.6 Å². The van der Waals surface area contributed by atoms with Crippen molar-refractivity contribution in [1.29, 1.82) is 0 Å². The summed E-state index contributed by atoms with van der Waals surface area (Å²) in [6.07, 6.45) is 0.223. The van der Waals surface area contributed by atoms with Gasteiger partial charge in [-0.15, -0.1) is 0 Å². The zero-order valence-electron chi connectivity index (χ0n) is 13.2. The Kier molecular flexibility index (Phi) is 5.64. The van der Waals surface area contributed by atoms with Gasteiger partial charge in [-0.05, 0) is 12.1 Å². The van der Waals surface area contributed by atoms with Crippen molar-refractivity contribution in [3.8, 4) is 11.5 Å². The van der Waals surface area contributed by atoms with Crippen LogP contribution in [0.5, 0.6) is 11.5 Å². The van der Waals surface area contributed by atoms with E-state index in [-0.39, 0.29) is 31.5 Å². The first kappa shape index (κ1) is 16.9. The number of carbonyl (C=O) groups excluding carboxylic acids is 2. The fraction of sp³-hybridized carbons (Fsp3) is 0.467. The number of anilines is 1. The van der Waals surface area contributed by atoms with Crippen LogP contribution in [0.2, 0.25) is 0 Å². The Morgan fingerprint density at radius 3 is 2.74 bits per heavy atom. The molecular weight excluding hydrogens is 302 g/mol.